The van der Waals surface area contributed by atoms with Crippen molar-refractivity contribution < 1.29 is 14.3 Å². The number of hydrogen-bond acceptors (Lipinski definition) is 3. The quantitative estimate of drug-likeness (QED) is 0.372. The minimum Gasteiger partial charge on any atom is -0.489 e. The van der Waals surface area contributed by atoms with Crippen molar-refractivity contribution in [2.24, 2.45) is 0 Å². The summed E-state index contributed by atoms with van der Waals surface area (Å²) >= 11 is 0. The summed E-state index contributed by atoms with van der Waals surface area (Å²) in [5.41, 5.74) is 2.41. The lowest BCUT2D eigenvalue weighted by atomic mass is 9.81. The normalized spacial score (nSPS) is 19.2. The molecule has 150 valence electrons. The topological polar surface area (TPSA) is 35.5 Å². The maximum atomic E-state index is 12.2. The van der Waals surface area contributed by atoms with Gasteiger partial charge in [-0.2, -0.15) is 0 Å². The van der Waals surface area contributed by atoms with Crippen LogP contribution in [0.4, 0.5) is 0 Å². The summed E-state index contributed by atoms with van der Waals surface area (Å²) in [6, 6.07) is 18.5. The van der Waals surface area contributed by atoms with Gasteiger partial charge in [0.1, 0.15) is 18.5 Å². The Morgan fingerprint density at radius 1 is 0.964 bits per heavy atom. The molecule has 2 aromatic carbocycles. The molecule has 1 aliphatic rings. The Morgan fingerprint density at radius 3 is 2.46 bits per heavy atom. The van der Waals surface area contributed by atoms with Gasteiger partial charge >= 0.3 is 5.97 Å². The van der Waals surface area contributed by atoms with Gasteiger partial charge in [-0.15, -0.1) is 0 Å². The minimum absolute atomic E-state index is 0.0129. The molecule has 0 saturated heterocycles. The van der Waals surface area contributed by atoms with Crippen LogP contribution in [0.15, 0.2) is 54.6 Å². The van der Waals surface area contributed by atoms with Gasteiger partial charge in [0.05, 0.1) is 0 Å². The van der Waals surface area contributed by atoms with Gasteiger partial charge in [0.2, 0.25) is 0 Å². The fourth-order valence-corrected chi connectivity index (χ4v) is 3.92. The van der Waals surface area contributed by atoms with Crippen molar-refractivity contribution in [3.8, 4) is 5.75 Å². The fraction of sp³-hybridized carbons (Fsp3) is 0.480. The van der Waals surface area contributed by atoms with Crippen LogP contribution in [0.25, 0.3) is 0 Å². The Bertz CT molecular complexity index is 708. The summed E-state index contributed by atoms with van der Waals surface area (Å²) in [7, 11) is 0. The Labute approximate surface area is 169 Å². The lowest BCUT2D eigenvalue weighted by Gasteiger charge is -2.31. The van der Waals surface area contributed by atoms with E-state index in [0.29, 0.717) is 18.9 Å². The van der Waals surface area contributed by atoms with E-state index in [1.807, 2.05) is 30.3 Å². The predicted octanol–water partition coefficient (Wildman–Crippen LogP) is 6.42. The lowest BCUT2D eigenvalue weighted by Crippen LogP contribution is -2.28. The lowest BCUT2D eigenvalue weighted by molar-refractivity contribution is -0.151. The maximum absolute atomic E-state index is 12.2. The molecular weight excluding hydrogens is 348 g/mol. The Balaban J connectivity index is 1.56. The molecule has 0 aliphatic heterocycles. The molecule has 0 amide bonds. The van der Waals surface area contributed by atoms with E-state index in [4.69, 9.17) is 9.47 Å². The molecule has 2 aromatic rings. The summed E-state index contributed by atoms with van der Waals surface area (Å²) in [6.07, 6.45) is 8.09. The standard InChI is InChI=1S/C25H32O3/c1-2-3-5-14-25(26)28-24-13-9-8-12-23(24)21-15-17-22(18-16-21)27-19-20-10-6-4-7-11-20/h4,6-7,10-11,15-18,23-24H,2-3,5,8-9,12-14,19H2,1H3/t23-,24+/m1/s1. The van der Waals surface area contributed by atoms with E-state index in [9.17, 15) is 4.79 Å². The third-order valence-corrected chi connectivity index (χ3v) is 5.53. The summed E-state index contributed by atoms with van der Waals surface area (Å²) in [4.78, 5) is 12.2. The van der Waals surface area contributed by atoms with Gasteiger partial charge in [-0.3, -0.25) is 4.79 Å². The first-order valence-corrected chi connectivity index (χ1v) is 10.7. The first-order chi connectivity index (χ1) is 13.8. The number of carbonyl (C=O) groups excluding carboxylic acids is 1. The molecule has 3 nitrogen and oxygen atoms in total. The highest BCUT2D eigenvalue weighted by Gasteiger charge is 2.29. The van der Waals surface area contributed by atoms with Crippen molar-refractivity contribution in [1.82, 2.24) is 0 Å². The zero-order valence-corrected chi connectivity index (χ0v) is 16.9. The van der Waals surface area contributed by atoms with Gasteiger partial charge in [-0.1, -0.05) is 68.7 Å². The van der Waals surface area contributed by atoms with Crippen molar-refractivity contribution in [2.75, 3.05) is 0 Å². The molecule has 0 N–H and O–H groups in total. The van der Waals surface area contributed by atoms with Crippen molar-refractivity contribution >= 4 is 5.97 Å². The van der Waals surface area contributed by atoms with Gasteiger partial charge in [0, 0.05) is 12.3 Å². The predicted molar refractivity (Wildman–Crippen MR) is 112 cm³/mol. The fourth-order valence-electron chi connectivity index (χ4n) is 3.92. The van der Waals surface area contributed by atoms with Crippen LogP contribution in [-0.4, -0.2) is 12.1 Å². The molecule has 1 saturated carbocycles. The van der Waals surface area contributed by atoms with Gasteiger partial charge in [0.15, 0.2) is 0 Å². The second kappa shape index (κ2) is 10.9. The zero-order chi connectivity index (χ0) is 19.6. The second-order valence-electron chi connectivity index (χ2n) is 7.72. The van der Waals surface area contributed by atoms with Gasteiger partial charge in [-0.25, -0.2) is 0 Å². The van der Waals surface area contributed by atoms with Crippen LogP contribution in [0.5, 0.6) is 5.75 Å². The Hall–Kier alpha value is -2.29. The SMILES string of the molecule is CCCCCC(=O)O[C@H]1CCCC[C@@H]1c1ccc(OCc2ccccc2)cc1. The van der Waals surface area contributed by atoms with E-state index >= 15 is 0 Å². The number of carbonyl (C=O) groups is 1. The first-order valence-electron chi connectivity index (χ1n) is 10.7. The first kappa shape index (κ1) is 20.4. The van der Waals surface area contributed by atoms with E-state index < -0.39 is 0 Å². The maximum Gasteiger partial charge on any atom is 0.306 e. The minimum atomic E-state index is -0.0341. The number of benzene rings is 2. The van der Waals surface area contributed by atoms with Crippen molar-refractivity contribution in [3.05, 3.63) is 65.7 Å². The van der Waals surface area contributed by atoms with Crippen molar-refractivity contribution in [2.45, 2.75) is 76.9 Å². The molecule has 0 unspecified atom stereocenters. The molecule has 3 heteroatoms. The second-order valence-corrected chi connectivity index (χ2v) is 7.72. The largest absolute Gasteiger partial charge is 0.489 e. The number of rotatable bonds is 9. The van der Waals surface area contributed by atoms with Crippen LogP contribution in [0.2, 0.25) is 0 Å². The highest BCUT2D eigenvalue weighted by atomic mass is 16.5. The molecule has 0 aromatic heterocycles. The molecule has 0 heterocycles. The molecule has 28 heavy (non-hydrogen) atoms. The molecule has 1 fully saturated rings. The van der Waals surface area contributed by atoms with Gasteiger partial charge < -0.3 is 9.47 Å². The van der Waals surface area contributed by atoms with E-state index in [-0.39, 0.29) is 12.1 Å². The van der Waals surface area contributed by atoms with Crippen molar-refractivity contribution in [1.29, 1.82) is 0 Å². The summed E-state index contributed by atoms with van der Waals surface area (Å²) in [5, 5.41) is 0. The van der Waals surface area contributed by atoms with E-state index in [0.717, 1.165) is 49.8 Å². The highest BCUT2D eigenvalue weighted by Crippen LogP contribution is 2.36. The van der Waals surface area contributed by atoms with E-state index in [1.165, 1.54) is 12.0 Å². The van der Waals surface area contributed by atoms with Crippen molar-refractivity contribution in [3.63, 3.8) is 0 Å². The number of ether oxygens (including phenoxy) is 2. The summed E-state index contributed by atoms with van der Waals surface area (Å²) in [6.45, 7) is 2.72. The van der Waals surface area contributed by atoms with Crippen LogP contribution in [0, 0.1) is 0 Å². The molecule has 1 aliphatic carbocycles. The molecule has 2 atom stereocenters. The third-order valence-electron chi connectivity index (χ3n) is 5.53. The van der Waals surface area contributed by atoms with Crippen LogP contribution >= 0.6 is 0 Å². The summed E-state index contributed by atoms with van der Waals surface area (Å²) in [5.74, 6) is 1.14. The van der Waals surface area contributed by atoms with Crippen LogP contribution in [-0.2, 0) is 16.1 Å². The van der Waals surface area contributed by atoms with Gasteiger partial charge in [0.25, 0.3) is 0 Å². The molecule has 0 spiro atoms. The number of unbranched alkanes of at least 4 members (excludes halogenated alkanes) is 2. The average molecular weight is 381 g/mol. The van der Waals surface area contributed by atoms with Crippen LogP contribution in [0.3, 0.4) is 0 Å². The van der Waals surface area contributed by atoms with E-state index in [1.54, 1.807) is 0 Å². The monoisotopic (exact) mass is 380 g/mol. The van der Waals surface area contributed by atoms with E-state index in [2.05, 4.69) is 31.2 Å². The summed E-state index contributed by atoms with van der Waals surface area (Å²) < 4.78 is 11.8. The van der Waals surface area contributed by atoms with Gasteiger partial charge in [-0.05, 0) is 48.9 Å². The smallest absolute Gasteiger partial charge is 0.306 e. The average Bonchev–Trinajstić information content (AvgIpc) is 2.74. The third kappa shape index (κ3) is 6.12. The molecule has 0 radical (unpaired) electrons. The van der Waals surface area contributed by atoms with Crippen LogP contribution in [0.1, 0.15) is 75.3 Å². The number of hydrogen-bond donors (Lipinski definition) is 0. The molecule has 3 rings (SSSR count). The Morgan fingerprint density at radius 2 is 1.71 bits per heavy atom. The molecule has 0 bridgehead atoms. The van der Waals surface area contributed by atoms with Crippen LogP contribution < -0.4 is 4.74 Å². The zero-order valence-electron chi connectivity index (χ0n) is 16.9. The number of esters is 1. The highest BCUT2D eigenvalue weighted by molar-refractivity contribution is 5.69. The molecular formula is C25H32O3. The Kier molecular flexibility index (Phi) is 7.95.